The molecule has 1 heterocycles. The fourth-order valence-corrected chi connectivity index (χ4v) is 2.48. The van der Waals surface area contributed by atoms with Gasteiger partial charge in [0.1, 0.15) is 5.69 Å². The molecule has 0 saturated heterocycles. The number of thioether (sulfide) groups is 1. The summed E-state index contributed by atoms with van der Waals surface area (Å²) in [5, 5.41) is 9.85. The molecule has 0 radical (unpaired) electrons. The largest absolute Gasteiger partial charge is 0.477 e. The van der Waals surface area contributed by atoms with Crippen LogP contribution in [0.5, 0.6) is 0 Å². The molecule has 0 aliphatic carbocycles. The molecule has 19 heavy (non-hydrogen) atoms. The Morgan fingerprint density at radius 2 is 2.11 bits per heavy atom. The fraction of sp³-hybridized carbons (Fsp3) is 0.154. The van der Waals surface area contributed by atoms with Gasteiger partial charge in [-0.3, -0.25) is 4.79 Å². The van der Waals surface area contributed by atoms with Gasteiger partial charge in [-0.25, -0.2) is 9.78 Å². The summed E-state index contributed by atoms with van der Waals surface area (Å²) >= 11 is 1.24. The number of carboxylic acids is 1. The van der Waals surface area contributed by atoms with Crippen LogP contribution >= 0.6 is 11.8 Å². The Balaban J connectivity index is 2.44. The molecular formula is C13H11NO4S. The summed E-state index contributed by atoms with van der Waals surface area (Å²) in [6.45, 7) is 0. The average molecular weight is 277 g/mol. The second-order valence-corrected chi connectivity index (χ2v) is 4.71. The van der Waals surface area contributed by atoms with Crippen molar-refractivity contribution in [3.8, 4) is 0 Å². The van der Waals surface area contributed by atoms with Gasteiger partial charge < -0.3 is 9.84 Å². The summed E-state index contributed by atoms with van der Waals surface area (Å²) in [7, 11) is 1.32. The van der Waals surface area contributed by atoms with E-state index in [4.69, 9.17) is 5.11 Å². The Hall–Kier alpha value is -2.08. The monoisotopic (exact) mass is 277 g/mol. The molecular weight excluding hydrogens is 266 g/mol. The molecule has 2 aromatic rings. The van der Waals surface area contributed by atoms with Crippen LogP contribution in [0.1, 0.15) is 10.5 Å². The third-order valence-electron chi connectivity index (χ3n) is 2.47. The first kappa shape index (κ1) is 13.4. The number of pyridine rings is 1. The van der Waals surface area contributed by atoms with Crippen LogP contribution in [0, 0.1) is 0 Å². The van der Waals surface area contributed by atoms with Gasteiger partial charge in [-0.15, -0.1) is 11.8 Å². The van der Waals surface area contributed by atoms with Crippen LogP contribution in [0.15, 0.2) is 35.2 Å². The standard InChI is InChI=1S/C13H11NO4S/c1-18-12(15)7-19-11-6-10(13(16)17)14-9-5-3-2-4-8(9)11/h2-6H,7H2,1H3,(H,16,17). The fourth-order valence-electron chi connectivity index (χ4n) is 1.57. The maximum Gasteiger partial charge on any atom is 0.354 e. The second kappa shape index (κ2) is 5.71. The minimum Gasteiger partial charge on any atom is -0.477 e. The molecule has 2 rings (SSSR count). The van der Waals surface area contributed by atoms with Gasteiger partial charge in [0, 0.05) is 10.3 Å². The van der Waals surface area contributed by atoms with Crippen molar-refractivity contribution in [3.63, 3.8) is 0 Å². The maximum atomic E-state index is 11.2. The van der Waals surface area contributed by atoms with Gasteiger partial charge in [-0.2, -0.15) is 0 Å². The number of fused-ring (bicyclic) bond motifs is 1. The Bertz CT molecular complexity index is 642. The van der Waals surface area contributed by atoms with Crippen LogP contribution in [-0.2, 0) is 9.53 Å². The molecule has 1 aromatic heterocycles. The van der Waals surface area contributed by atoms with E-state index in [0.29, 0.717) is 10.4 Å². The molecule has 0 fully saturated rings. The van der Waals surface area contributed by atoms with E-state index in [1.807, 2.05) is 12.1 Å². The van der Waals surface area contributed by atoms with Gasteiger partial charge in [-0.1, -0.05) is 18.2 Å². The van der Waals surface area contributed by atoms with Crippen molar-refractivity contribution in [1.82, 2.24) is 4.98 Å². The summed E-state index contributed by atoms with van der Waals surface area (Å²) in [6, 6.07) is 8.68. The summed E-state index contributed by atoms with van der Waals surface area (Å²) in [5.41, 5.74) is 0.556. The van der Waals surface area contributed by atoms with Crippen molar-refractivity contribution in [2.75, 3.05) is 12.9 Å². The summed E-state index contributed by atoms with van der Waals surface area (Å²) in [5.74, 6) is -1.32. The molecule has 0 aliphatic heterocycles. The predicted molar refractivity (Wildman–Crippen MR) is 71.4 cm³/mol. The zero-order valence-electron chi connectivity index (χ0n) is 10.1. The van der Waals surface area contributed by atoms with E-state index in [9.17, 15) is 9.59 Å². The number of rotatable bonds is 4. The van der Waals surface area contributed by atoms with Crippen molar-refractivity contribution in [2.24, 2.45) is 0 Å². The number of nitrogens with zero attached hydrogens (tertiary/aromatic N) is 1. The van der Waals surface area contributed by atoms with Gasteiger partial charge in [0.2, 0.25) is 0 Å². The smallest absolute Gasteiger partial charge is 0.354 e. The molecule has 0 unspecified atom stereocenters. The number of ether oxygens (including phenoxy) is 1. The summed E-state index contributed by atoms with van der Waals surface area (Å²) in [4.78, 5) is 26.9. The normalized spacial score (nSPS) is 10.4. The van der Waals surface area contributed by atoms with Crippen molar-refractivity contribution in [2.45, 2.75) is 4.90 Å². The average Bonchev–Trinajstić information content (AvgIpc) is 2.43. The lowest BCUT2D eigenvalue weighted by Gasteiger charge is -2.06. The molecule has 5 nitrogen and oxygen atoms in total. The molecule has 1 aromatic carbocycles. The van der Waals surface area contributed by atoms with Gasteiger partial charge in [0.05, 0.1) is 18.4 Å². The van der Waals surface area contributed by atoms with Crippen LogP contribution in [0.3, 0.4) is 0 Å². The first-order valence-corrected chi connectivity index (χ1v) is 6.43. The molecule has 1 N–H and O–H groups in total. The van der Waals surface area contributed by atoms with E-state index >= 15 is 0 Å². The zero-order chi connectivity index (χ0) is 13.8. The molecule has 98 valence electrons. The number of carbonyl (C=O) groups is 2. The summed E-state index contributed by atoms with van der Waals surface area (Å²) < 4.78 is 4.57. The highest BCUT2D eigenvalue weighted by Crippen LogP contribution is 2.27. The van der Waals surface area contributed by atoms with Crippen molar-refractivity contribution < 1.29 is 19.4 Å². The number of carbonyl (C=O) groups excluding carboxylic acids is 1. The van der Waals surface area contributed by atoms with Crippen LogP contribution in [-0.4, -0.2) is 34.9 Å². The number of para-hydroxylation sites is 1. The lowest BCUT2D eigenvalue weighted by molar-refractivity contribution is -0.137. The third-order valence-corrected chi connectivity index (χ3v) is 3.50. The molecule has 0 atom stereocenters. The first-order chi connectivity index (χ1) is 9.11. The number of methoxy groups -OCH3 is 1. The summed E-state index contributed by atoms with van der Waals surface area (Å²) in [6.07, 6.45) is 0. The van der Waals surface area contributed by atoms with Crippen LogP contribution < -0.4 is 0 Å². The lowest BCUT2D eigenvalue weighted by Crippen LogP contribution is -2.04. The van der Waals surface area contributed by atoms with Crippen LogP contribution in [0.4, 0.5) is 0 Å². The minimum atomic E-state index is -1.09. The van der Waals surface area contributed by atoms with Crippen molar-refractivity contribution in [1.29, 1.82) is 0 Å². The Labute approximate surface area is 113 Å². The molecule has 0 aliphatic rings. The van der Waals surface area contributed by atoms with Crippen LogP contribution in [0.25, 0.3) is 10.9 Å². The molecule has 0 saturated carbocycles. The number of hydrogen-bond donors (Lipinski definition) is 1. The molecule has 0 amide bonds. The number of carboxylic acid groups (broad SMARTS) is 1. The number of esters is 1. The quantitative estimate of drug-likeness (QED) is 0.682. The lowest BCUT2D eigenvalue weighted by atomic mass is 10.2. The van der Waals surface area contributed by atoms with E-state index in [2.05, 4.69) is 9.72 Å². The molecule has 0 bridgehead atoms. The highest BCUT2D eigenvalue weighted by atomic mass is 32.2. The highest BCUT2D eigenvalue weighted by Gasteiger charge is 2.12. The topological polar surface area (TPSA) is 76.5 Å². The first-order valence-electron chi connectivity index (χ1n) is 5.44. The molecule has 6 heteroatoms. The van der Waals surface area contributed by atoms with Gasteiger partial charge in [0.25, 0.3) is 0 Å². The van der Waals surface area contributed by atoms with E-state index in [0.717, 1.165) is 5.39 Å². The Kier molecular flexibility index (Phi) is 4.01. The van der Waals surface area contributed by atoms with E-state index in [1.165, 1.54) is 24.9 Å². The predicted octanol–water partition coefficient (Wildman–Crippen LogP) is 2.20. The van der Waals surface area contributed by atoms with Crippen molar-refractivity contribution >= 4 is 34.6 Å². The SMILES string of the molecule is COC(=O)CSc1cc(C(=O)O)nc2ccccc12. The maximum absolute atomic E-state index is 11.2. The van der Waals surface area contributed by atoms with Gasteiger partial charge >= 0.3 is 11.9 Å². The number of hydrogen-bond acceptors (Lipinski definition) is 5. The zero-order valence-corrected chi connectivity index (χ0v) is 10.9. The number of aromatic carboxylic acids is 1. The third kappa shape index (κ3) is 3.03. The van der Waals surface area contributed by atoms with E-state index < -0.39 is 5.97 Å². The molecule has 0 spiro atoms. The van der Waals surface area contributed by atoms with Gasteiger partial charge in [-0.05, 0) is 12.1 Å². The minimum absolute atomic E-state index is 0.0361. The second-order valence-electron chi connectivity index (χ2n) is 3.69. The van der Waals surface area contributed by atoms with Crippen molar-refractivity contribution in [3.05, 3.63) is 36.0 Å². The number of aromatic nitrogens is 1. The number of benzene rings is 1. The van der Waals surface area contributed by atoms with E-state index in [1.54, 1.807) is 12.1 Å². The highest BCUT2D eigenvalue weighted by molar-refractivity contribution is 8.00. The van der Waals surface area contributed by atoms with Gasteiger partial charge in [0.15, 0.2) is 0 Å². The van der Waals surface area contributed by atoms with E-state index in [-0.39, 0.29) is 17.4 Å². The van der Waals surface area contributed by atoms with Crippen LogP contribution in [0.2, 0.25) is 0 Å². The Morgan fingerprint density at radius 3 is 2.79 bits per heavy atom. The Morgan fingerprint density at radius 1 is 1.37 bits per heavy atom.